The molecular weight excluding hydrogens is 211 g/mol. The molecule has 1 heterocycles. The van der Waals surface area contributed by atoms with Crippen molar-refractivity contribution in [2.75, 3.05) is 6.61 Å². The molecule has 5 heteroatoms. The van der Waals surface area contributed by atoms with Crippen molar-refractivity contribution >= 4 is 6.09 Å². The third-order valence-electron chi connectivity index (χ3n) is 3.06. The van der Waals surface area contributed by atoms with E-state index in [1.807, 2.05) is 0 Å². The van der Waals surface area contributed by atoms with Crippen molar-refractivity contribution in [2.24, 2.45) is 5.73 Å². The van der Waals surface area contributed by atoms with Gasteiger partial charge in [0.25, 0.3) is 0 Å². The van der Waals surface area contributed by atoms with E-state index in [1.54, 1.807) is 12.3 Å². The van der Waals surface area contributed by atoms with Crippen LogP contribution in [0.25, 0.3) is 0 Å². The molecule has 16 heavy (non-hydrogen) atoms. The summed E-state index contributed by atoms with van der Waals surface area (Å²) in [6, 6.07) is 2.91. The number of carbonyl (C=O) groups is 1. The lowest BCUT2D eigenvalue weighted by molar-refractivity contribution is 0.0819. The second-order valence-corrected chi connectivity index (χ2v) is 4.08. The molecular formula is C11H13FN2O2. The van der Waals surface area contributed by atoms with Gasteiger partial charge in [0.1, 0.15) is 12.4 Å². The summed E-state index contributed by atoms with van der Waals surface area (Å²) >= 11 is 0. The molecule has 2 rings (SSSR count). The van der Waals surface area contributed by atoms with Gasteiger partial charge < -0.3 is 10.5 Å². The van der Waals surface area contributed by atoms with Crippen LogP contribution in [0.1, 0.15) is 25.0 Å². The quantitative estimate of drug-likeness (QED) is 0.850. The highest BCUT2D eigenvalue weighted by atomic mass is 19.1. The lowest BCUT2D eigenvalue weighted by atomic mass is 9.67. The molecule has 1 aromatic heterocycles. The molecule has 0 spiro atoms. The Hall–Kier alpha value is -1.65. The number of amides is 1. The summed E-state index contributed by atoms with van der Waals surface area (Å²) in [6.45, 7) is 0.107. The monoisotopic (exact) mass is 224 g/mol. The fourth-order valence-corrected chi connectivity index (χ4v) is 2.04. The van der Waals surface area contributed by atoms with Gasteiger partial charge >= 0.3 is 6.09 Å². The number of ether oxygens (including phenoxy) is 1. The van der Waals surface area contributed by atoms with Gasteiger partial charge in [-0.1, -0.05) is 6.42 Å². The van der Waals surface area contributed by atoms with Crippen LogP contribution in [-0.2, 0) is 10.2 Å². The van der Waals surface area contributed by atoms with Gasteiger partial charge in [0.2, 0.25) is 0 Å². The SMILES string of the molecule is NC(=O)OCC1(c2ncccc2F)CCC1. The fraction of sp³-hybridized carbons (Fsp3) is 0.455. The molecule has 0 atom stereocenters. The van der Waals surface area contributed by atoms with Crippen molar-refractivity contribution in [1.82, 2.24) is 4.98 Å². The first-order chi connectivity index (χ1) is 7.64. The average molecular weight is 224 g/mol. The molecule has 1 amide bonds. The third-order valence-corrected chi connectivity index (χ3v) is 3.06. The van der Waals surface area contributed by atoms with Crippen LogP contribution in [0, 0.1) is 5.82 Å². The number of hydrogen-bond acceptors (Lipinski definition) is 3. The van der Waals surface area contributed by atoms with Crippen molar-refractivity contribution in [3.8, 4) is 0 Å². The first-order valence-electron chi connectivity index (χ1n) is 5.17. The highest BCUT2D eigenvalue weighted by molar-refractivity contribution is 5.64. The minimum absolute atomic E-state index is 0.107. The molecule has 1 aliphatic rings. The van der Waals surface area contributed by atoms with Crippen molar-refractivity contribution in [3.05, 3.63) is 29.8 Å². The first-order valence-corrected chi connectivity index (χ1v) is 5.17. The van der Waals surface area contributed by atoms with E-state index in [4.69, 9.17) is 10.5 Å². The van der Waals surface area contributed by atoms with Crippen LogP contribution >= 0.6 is 0 Å². The summed E-state index contributed by atoms with van der Waals surface area (Å²) in [7, 11) is 0. The number of carbonyl (C=O) groups excluding carboxylic acids is 1. The molecule has 0 saturated heterocycles. The van der Waals surface area contributed by atoms with E-state index in [9.17, 15) is 9.18 Å². The molecule has 0 aliphatic heterocycles. The number of nitrogens with zero attached hydrogens (tertiary/aromatic N) is 1. The average Bonchev–Trinajstić information content (AvgIpc) is 2.18. The Kier molecular flexibility index (Phi) is 2.77. The van der Waals surface area contributed by atoms with Gasteiger partial charge in [-0.25, -0.2) is 9.18 Å². The molecule has 4 nitrogen and oxygen atoms in total. The Morgan fingerprint density at radius 3 is 2.88 bits per heavy atom. The van der Waals surface area contributed by atoms with Gasteiger partial charge in [-0.3, -0.25) is 4.98 Å². The Labute approximate surface area is 92.6 Å². The number of hydrogen-bond donors (Lipinski definition) is 1. The smallest absolute Gasteiger partial charge is 0.404 e. The lowest BCUT2D eigenvalue weighted by Gasteiger charge is -2.40. The minimum Gasteiger partial charge on any atom is -0.449 e. The van der Waals surface area contributed by atoms with Gasteiger partial charge in [0.05, 0.1) is 5.69 Å². The van der Waals surface area contributed by atoms with Gasteiger partial charge in [-0.15, -0.1) is 0 Å². The van der Waals surface area contributed by atoms with Gasteiger partial charge in [0.15, 0.2) is 0 Å². The van der Waals surface area contributed by atoms with Crippen molar-refractivity contribution < 1.29 is 13.9 Å². The number of aromatic nitrogens is 1. The third kappa shape index (κ3) is 1.85. The molecule has 0 aromatic carbocycles. The van der Waals surface area contributed by atoms with Crippen LogP contribution in [0.2, 0.25) is 0 Å². The Morgan fingerprint density at radius 1 is 1.62 bits per heavy atom. The topological polar surface area (TPSA) is 65.2 Å². The van der Waals surface area contributed by atoms with Crippen LogP contribution in [0.3, 0.4) is 0 Å². The van der Waals surface area contributed by atoms with Crippen molar-refractivity contribution in [3.63, 3.8) is 0 Å². The molecule has 1 fully saturated rings. The van der Waals surface area contributed by atoms with Crippen LogP contribution < -0.4 is 5.73 Å². The molecule has 0 bridgehead atoms. The number of halogens is 1. The highest BCUT2D eigenvalue weighted by Gasteiger charge is 2.43. The number of pyridine rings is 1. The summed E-state index contributed by atoms with van der Waals surface area (Å²) in [6.07, 6.45) is 3.24. The van der Waals surface area contributed by atoms with E-state index in [1.165, 1.54) is 6.07 Å². The predicted octanol–water partition coefficient (Wildman–Crippen LogP) is 1.74. The van der Waals surface area contributed by atoms with E-state index in [2.05, 4.69) is 4.98 Å². The largest absolute Gasteiger partial charge is 0.449 e. The second kappa shape index (κ2) is 4.08. The Balaban J connectivity index is 2.21. The van der Waals surface area contributed by atoms with Gasteiger partial charge in [-0.2, -0.15) is 0 Å². The molecule has 86 valence electrons. The molecule has 1 aliphatic carbocycles. The lowest BCUT2D eigenvalue weighted by Crippen LogP contribution is -2.42. The van der Waals surface area contributed by atoms with Crippen molar-refractivity contribution in [2.45, 2.75) is 24.7 Å². The Morgan fingerprint density at radius 2 is 2.38 bits per heavy atom. The standard InChI is InChI=1S/C11H13FN2O2/c12-8-3-1-6-14-9(8)11(4-2-5-11)7-16-10(13)15/h1,3,6H,2,4-5,7H2,(H2,13,15). The van der Waals surface area contributed by atoms with Crippen LogP contribution in [0.5, 0.6) is 0 Å². The zero-order valence-corrected chi connectivity index (χ0v) is 8.78. The molecule has 1 saturated carbocycles. The zero-order chi connectivity index (χ0) is 11.6. The van der Waals surface area contributed by atoms with Gasteiger partial charge in [0, 0.05) is 11.6 Å². The van der Waals surface area contributed by atoms with E-state index in [-0.39, 0.29) is 12.4 Å². The fourth-order valence-electron chi connectivity index (χ4n) is 2.04. The van der Waals surface area contributed by atoms with Gasteiger partial charge in [-0.05, 0) is 25.0 Å². The maximum absolute atomic E-state index is 13.6. The molecule has 0 radical (unpaired) electrons. The van der Waals surface area contributed by atoms with E-state index >= 15 is 0 Å². The minimum atomic E-state index is -0.831. The predicted molar refractivity (Wildman–Crippen MR) is 55.3 cm³/mol. The summed E-state index contributed by atoms with van der Waals surface area (Å²) in [5.41, 5.74) is 4.82. The summed E-state index contributed by atoms with van der Waals surface area (Å²) in [4.78, 5) is 14.6. The molecule has 1 aromatic rings. The summed E-state index contributed by atoms with van der Waals surface area (Å²) < 4.78 is 18.4. The van der Waals surface area contributed by atoms with Crippen molar-refractivity contribution in [1.29, 1.82) is 0 Å². The van der Waals surface area contributed by atoms with Crippen LogP contribution in [-0.4, -0.2) is 17.7 Å². The zero-order valence-electron chi connectivity index (χ0n) is 8.78. The molecule has 2 N–H and O–H groups in total. The highest BCUT2D eigenvalue weighted by Crippen LogP contribution is 2.43. The number of nitrogens with two attached hydrogens (primary N) is 1. The van der Waals surface area contributed by atoms with E-state index in [0.29, 0.717) is 5.69 Å². The normalized spacial score (nSPS) is 17.6. The summed E-state index contributed by atoms with van der Waals surface area (Å²) in [5, 5.41) is 0. The Bertz CT molecular complexity index is 405. The summed E-state index contributed by atoms with van der Waals surface area (Å²) in [5.74, 6) is -0.352. The van der Waals surface area contributed by atoms with Crippen LogP contribution in [0.4, 0.5) is 9.18 Å². The maximum Gasteiger partial charge on any atom is 0.404 e. The van der Waals surface area contributed by atoms with E-state index < -0.39 is 11.5 Å². The number of rotatable bonds is 3. The van der Waals surface area contributed by atoms with E-state index in [0.717, 1.165) is 19.3 Å². The maximum atomic E-state index is 13.6. The first kappa shape index (κ1) is 10.9. The number of primary amides is 1. The molecule has 0 unspecified atom stereocenters. The van der Waals surface area contributed by atoms with Crippen LogP contribution in [0.15, 0.2) is 18.3 Å². The second-order valence-electron chi connectivity index (χ2n) is 4.08.